The van der Waals surface area contributed by atoms with Gasteiger partial charge in [0.05, 0.1) is 11.4 Å². The van der Waals surface area contributed by atoms with Crippen molar-refractivity contribution in [3.8, 4) is 28.7 Å². The maximum absolute atomic E-state index is 10.8. The molecule has 0 aliphatic rings. The van der Waals surface area contributed by atoms with Gasteiger partial charge in [0, 0.05) is 11.8 Å². The number of aryl methyl sites for hydroxylation is 3. The SMILES string of the molecule is Cc1ccc(O)cc1Oc1ccc(N(c2cccc(C)c2O)c2cccc(C)c2O)cc1. The van der Waals surface area contributed by atoms with Crippen molar-refractivity contribution < 1.29 is 20.1 Å². The lowest BCUT2D eigenvalue weighted by Gasteiger charge is -2.27. The molecule has 0 radical (unpaired) electrons. The highest BCUT2D eigenvalue weighted by atomic mass is 16.5. The van der Waals surface area contributed by atoms with E-state index in [9.17, 15) is 15.3 Å². The molecule has 4 rings (SSSR count). The summed E-state index contributed by atoms with van der Waals surface area (Å²) in [5, 5.41) is 31.3. The zero-order valence-electron chi connectivity index (χ0n) is 18.2. The zero-order chi connectivity index (χ0) is 22.8. The molecule has 0 saturated carbocycles. The lowest BCUT2D eigenvalue weighted by Crippen LogP contribution is -2.11. The van der Waals surface area contributed by atoms with Crippen molar-refractivity contribution in [3.63, 3.8) is 0 Å². The molecule has 4 aromatic carbocycles. The molecular formula is C27H25NO4. The van der Waals surface area contributed by atoms with Gasteiger partial charge in [0.15, 0.2) is 0 Å². The molecule has 0 aromatic heterocycles. The van der Waals surface area contributed by atoms with Gasteiger partial charge in [0.2, 0.25) is 0 Å². The van der Waals surface area contributed by atoms with Crippen molar-refractivity contribution in [2.45, 2.75) is 20.8 Å². The summed E-state index contributed by atoms with van der Waals surface area (Å²) in [4.78, 5) is 1.81. The Labute approximate surface area is 187 Å². The lowest BCUT2D eigenvalue weighted by molar-refractivity contribution is 0.453. The fraction of sp³-hybridized carbons (Fsp3) is 0.111. The normalized spacial score (nSPS) is 10.7. The largest absolute Gasteiger partial charge is 0.508 e. The first-order valence-corrected chi connectivity index (χ1v) is 10.3. The van der Waals surface area contributed by atoms with Crippen molar-refractivity contribution in [2.24, 2.45) is 0 Å². The number of rotatable bonds is 5. The maximum atomic E-state index is 10.8. The van der Waals surface area contributed by atoms with Gasteiger partial charge in [-0.15, -0.1) is 0 Å². The smallest absolute Gasteiger partial charge is 0.142 e. The van der Waals surface area contributed by atoms with Crippen LogP contribution in [0.25, 0.3) is 0 Å². The Hall–Kier alpha value is -4.12. The van der Waals surface area contributed by atoms with Gasteiger partial charge >= 0.3 is 0 Å². The first-order chi connectivity index (χ1) is 15.3. The Bertz CT molecular complexity index is 1210. The van der Waals surface area contributed by atoms with E-state index >= 15 is 0 Å². The van der Waals surface area contributed by atoms with Gasteiger partial charge < -0.3 is 25.0 Å². The molecule has 0 amide bonds. The molecule has 0 saturated heterocycles. The number of aromatic hydroxyl groups is 3. The van der Waals surface area contributed by atoms with Crippen LogP contribution in [0.15, 0.2) is 78.9 Å². The molecule has 0 aliphatic carbocycles. The molecule has 162 valence electrons. The summed E-state index contributed by atoms with van der Waals surface area (Å²) < 4.78 is 5.94. The number of benzene rings is 4. The van der Waals surface area contributed by atoms with Crippen LogP contribution in [0.1, 0.15) is 16.7 Å². The monoisotopic (exact) mass is 427 g/mol. The predicted octanol–water partition coefficient (Wildman–Crippen LogP) is 6.99. The molecule has 32 heavy (non-hydrogen) atoms. The van der Waals surface area contributed by atoms with Crippen molar-refractivity contribution in [1.29, 1.82) is 0 Å². The van der Waals surface area contributed by atoms with Gasteiger partial charge in [-0.25, -0.2) is 0 Å². The molecule has 0 bridgehead atoms. The molecular weight excluding hydrogens is 402 g/mol. The van der Waals surface area contributed by atoms with E-state index in [0.29, 0.717) is 22.9 Å². The fourth-order valence-corrected chi connectivity index (χ4v) is 3.54. The van der Waals surface area contributed by atoms with Crippen LogP contribution in [-0.4, -0.2) is 15.3 Å². The van der Waals surface area contributed by atoms with Crippen LogP contribution in [0.5, 0.6) is 28.7 Å². The molecule has 0 fully saturated rings. The minimum Gasteiger partial charge on any atom is -0.508 e. The number of phenols is 3. The quantitative estimate of drug-likeness (QED) is 0.320. The van der Waals surface area contributed by atoms with Crippen LogP contribution in [0.3, 0.4) is 0 Å². The number of hydrogen-bond acceptors (Lipinski definition) is 5. The summed E-state index contributed by atoms with van der Waals surface area (Å²) in [7, 11) is 0. The summed E-state index contributed by atoms with van der Waals surface area (Å²) in [6, 6.07) is 23.3. The second-order valence-corrected chi connectivity index (χ2v) is 7.77. The van der Waals surface area contributed by atoms with Gasteiger partial charge in [-0.3, -0.25) is 0 Å². The summed E-state index contributed by atoms with van der Waals surface area (Å²) >= 11 is 0. The summed E-state index contributed by atoms with van der Waals surface area (Å²) in [6.45, 7) is 5.58. The van der Waals surface area contributed by atoms with E-state index in [0.717, 1.165) is 22.4 Å². The van der Waals surface area contributed by atoms with E-state index in [-0.39, 0.29) is 17.2 Å². The third kappa shape index (κ3) is 4.05. The molecule has 3 N–H and O–H groups in total. The Morgan fingerprint density at radius 2 is 1.19 bits per heavy atom. The number of nitrogens with zero attached hydrogens (tertiary/aromatic N) is 1. The molecule has 5 nitrogen and oxygen atoms in total. The summed E-state index contributed by atoms with van der Waals surface area (Å²) in [5.74, 6) is 1.60. The van der Waals surface area contributed by atoms with Gasteiger partial charge in [0.25, 0.3) is 0 Å². The van der Waals surface area contributed by atoms with Crippen LogP contribution >= 0.6 is 0 Å². The number of anilines is 3. The highest BCUT2D eigenvalue weighted by Crippen LogP contribution is 2.45. The van der Waals surface area contributed by atoms with E-state index in [1.165, 1.54) is 0 Å². The van der Waals surface area contributed by atoms with E-state index in [4.69, 9.17) is 4.74 Å². The van der Waals surface area contributed by atoms with Crippen LogP contribution in [0.2, 0.25) is 0 Å². The summed E-state index contributed by atoms with van der Waals surface area (Å²) in [6.07, 6.45) is 0. The van der Waals surface area contributed by atoms with Crippen LogP contribution < -0.4 is 9.64 Å². The van der Waals surface area contributed by atoms with Gasteiger partial charge in [-0.2, -0.15) is 0 Å². The highest BCUT2D eigenvalue weighted by molar-refractivity contribution is 5.84. The number of hydrogen-bond donors (Lipinski definition) is 3. The van der Waals surface area contributed by atoms with Crippen LogP contribution in [0.4, 0.5) is 17.1 Å². The standard InChI is InChI=1S/C27H25NO4/c1-17-10-13-21(29)16-25(17)32-22-14-11-20(12-15-22)28(23-8-4-6-18(2)26(23)30)24-9-5-7-19(3)27(24)31/h4-16,29-31H,1-3H3. The van der Waals surface area contributed by atoms with Crippen molar-refractivity contribution in [3.05, 3.63) is 95.6 Å². The Balaban J connectivity index is 1.77. The number of para-hydroxylation sites is 2. The Morgan fingerprint density at radius 3 is 1.75 bits per heavy atom. The lowest BCUT2D eigenvalue weighted by atomic mass is 10.1. The highest BCUT2D eigenvalue weighted by Gasteiger charge is 2.20. The molecule has 0 atom stereocenters. The van der Waals surface area contributed by atoms with E-state index in [2.05, 4.69) is 0 Å². The van der Waals surface area contributed by atoms with E-state index < -0.39 is 0 Å². The van der Waals surface area contributed by atoms with Gasteiger partial charge in [0.1, 0.15) is 28.7 Å². The van der Waals surface area contributed by atoms with E-state index in [1.54, 1.807) is 18.2 Å². The minimum atomic E-state index is 0.137. The van der Waals surface area contributed by atoms with Crippen molar-refractivity contribution >= 4 is 17.1 Å². The maximum Gasteiger partial charge on any atom is 0.142 e. The third-order valence-corrected chi connectivity index (χ3v) is 5.41. The van der Waals surface area contributed by atoms with Crippen molar-refractivity contribution in [1.82, 2.24) is 0 Å². The molecule has 0 spiro atoms. The zero-order valence-corrected chi connectivity index (χ0v) is 18.2. The van der Waals surface area contributed by atoms with Crippen molar-refractivity contribution in [2.75, 3.05) is 4.90 Å². The average molecular weight is 428 g/mol. The van der Waals surface area contributed by atoms with Crippen LogP contribution in [0, 0.1) is 20.8 Å². The fourth-order valence-electron chi connectivity index (χ4n) is 3.54. The summed E-state index contributed by atoms with van der Waals surface area (Å²) in [5.41, 5.74) is 4.24. The molecule has 4 aromatic rings. The Kier molecular flexibility index (Phi) is 5.65. The first kappa shape index (κ1) is 21.1. The molecule has 0 heterocycles. The second kappa shape index (κ2) is 8.55. The Morgan fingerprint density at radius 1 is 0.625 bits per heavy atom. The van der Waals surface area contributed by atoms with Gasteiger partial charge in [-0.1, -0.05) is 30.3 Å². The molecule has 0 unspecified atom stereocenters. The third-order valence-electron chi connectivity index (χ3n) is 5.41. The average Bonchev–Trinajstić information content (AvgIpc) is 2.78. The molecule has 0 aliphatic heterocycles. The number of ether oxygens (including phenoxy) is 1. The predicted molar refractivity (Wildman–Crippen MR) is 127 cm³/mol. The van der Waals surface area contributed by atoms with Gasteiger partial charge in [-0.05, 0) is 79.9 Å². The van der Waals surface area contributed by atoms with Crippen LogP contribution in [-0.2, 0) is 0 Å². The second-order valence-electron chi connectivity index (χ2n) is 7.77. The number of phenolic OH excluding ortho intramolecular Hbond substituents is 3. The topological polar surface area (TPSA) is 73.2 Å². The van der Waals surface area contributed by atoms with E-state index in [1.807, 2.05) is 86.3 Å². The first-order valence-electron chi connectivity index (χ1n) is 10.3. The minimum absolute atomic E-state index is 0.137. The molecule has 5 heteroatoms.